The van der Waals surface area contributed by atoms with Gasteiger partial charge in [-0.1, -0.05) is 64.4 Å². The quantitative estimate of drug-likeness (QED) is 0.514. The number of hydrogen-bond acceptors (Lipinski definition) is 4. The first-order chi connectivity index (χ1) is 12.2. The number of hydrogen-bond donors (Lipinski definition) is 0. The topological polar surface area (TPSA) is 52.6 Å². The van der Waals surface area contributed by atoms with Crippen molar-refractivity contribution in [3.8, 4) is 0 Å². The summed E-state index contributed by atoms with van der Waals surface area (Å²) in [5.74, 6) is 0.425. The van der Waals surface area contributed by atoms with Gasteiger partial charge >= 0.3 is 11.9 Å². The Balaban J connectivity index is 2.24. The molecular weight excluding hydrogens is 316 g/mol. The van der Waals surface area contributed by atoms with Crippen LogP contribution in [0.2, 0.25) is 0 Å². The van der Waals surface area contributed by atoms with E-state index in [4.69, 9.17) is 9.47 Å². The Bertz CT molecular complexity index is 389. The average Bonchev–Trinajstić information content (AvgIpc) is 2.58. The van der Waals surface area contributed by atoms with Gasteiger partial charge in [0.15, 0.2) is 0 Å². The van der Waals surface area contributed by atoms with E-state index < -0.39 is 0 Å². The minimum atomic E-state index is -0.144. The number of esters is 2. The van der Waals surface area contributed by atoms with Gasteiger partial charge in [-0.2, -0.15) is 0 Å². The van der Waals surface area contributed by atoms with E-state index in [0.717, 1.165) is 70.6 Å². The van der Waals surface area contributed by atoms with Crippen LogP contribution < -0.4 is 0 Å². The van der Waals surface area contributed by atoms with E-state index in [1.165, 1.54) is 19.3 Å². The molecule has 0 radical (unpaired) electrons. The van der Waals surface area contributed by atoms with Gasteiger partial charge in [0.25, 0.3) is 0 Å². The van der Waals surface area contributed by atoms with Crippen molar-refractivity contribution in [1.82, 2.24) is 0 Å². The van der Waals surface area contributed by atoms with Gasteiger partial charge in [-0.3, -0.25) is 9.59 Å². The highest BCUT2D eigenvalue weighted by atomic mass is 16.5. The van der Waals surface area contributed by atoms with E-state index in [9.17, 15) is 9.59 Å². The Hall–Kier alpha value is -1.32. The van der Waals surface area contributed by atoms with Crippen LogP contribution in [-0.4, -0.2) is 18.5 Å². The Labute approximate surface area is 153 Å². The van der Waals surface area contributed by atoms with E-state index in [2.05, 4.69) is 6.58 Å². The largest absolute Gasteiger partial charge is 0.466 e. The van der Waals surface area contributed by atoms with E-state index in [1.54, 1.807) is 0 Å². The summed E-state index contributed by atoms with van der Waals surface area (Å²) >= 11 is 0. The molecule has 4 heteroatoms. The Morgan fingerprint density at radius 3 is 1.60 bits per heavy atom. The molecule has 1 saturated heterocycles. The molecule has 0 unspecified atom stereocenters. The smallest absolute Gasteiger partial charge is 0.310 e. The van der Waals surface area contributed by atoms with Gasteiger partial charge in [-0.25, -0.2) is 0 Å². The summed E-state index contributed by atoms with van der Waals surface area (Å²) < 4.78 is 10.6. The third-order valence-corrected chi connectivity index (χ3v) is 4.63. The van der Waals surface area contributed by atoms with Crippen molar-refractivity contribution in [3.05, 3.63) is 12.3 Å². The third kappa shape index (κ3) is 13.6. The monoisotopic (exact) mass is 352 g/mol. The highest BCUT2D eigenvalue weighted by Gasteiger charge is 2.06. The maximum Gasteiger partial charge on any atom is 0.310 e. The molecule has 1 heterocycles. The fourth-order valence-corrected chi connectivity index (χ4v) is 3.08. The molecule has 1 aliphatic heterocycles. The van der Waals surface area contributed by atoms with Crippen LogP contribution in [0.5, 0.6) is 0 Å². The van der Waals surface area contributed by atoms with Gasteiger partial charge in [0, 0.05) is 19.3 Å². The van der Waals surface area contributed by atoms with Crippen LogP contribution in [0.25, 0.3) is 0 Å². The summed E-state index contributed by atoms with van der Waals surface area (Å²) in [5.41, 5.74) is 0. The minimum absolute atomic E-state index is 0.0508. The summed E-state index contributed by atoms with van der Waals surface area (Å²) in [6, 6.07) is 0. The van der Waals surface area contributed by atoms with Crippen LogP contribution in [0, 0.1) is 0 Å². The number of ether oxygens (including phenoxy) is 2. The van der Waals surface area contributed by atoms with E-state index >= 15 is 0 Å². The Morgan fingerprint density at radius 1 is 0.560 bits per heavy atom. The summed E-state index contributed by atoms with van der Waals surface area (Å²) in [5, 5.41) is 0. The number of carbonyl (C=O) groups excluding carboxylic acids is 2. The maximum atomic E-state index is 11.7. The van der Waals surface area contributed by atoms with Gasteiger partial charge in [0.05, 0.1) is 6.61 Å². The van der Waals surface area contributed by atoms with Crippen molar-refractivity contribution in [3.63, 3.8) is 0 Å². The standard InChI is InChI=1S/C21H36O4/c1-19-15-11-7-3-2-6-10-14-18-24-20(22)16-12-8-4-5-9-13-17-21(23)25-19/h1-18H2. The predicted octanol–water partition coefficient (Wildman–Crippen LogP) is 5.84. The highest BCUT2D eigenvalue weighted by Crippen LogP contribution is 2.15. The van der Waals surface area contributed by atoms with Gasteiger partial charge in [0.1, 0.15) is 5.76 Å². The summed E-state index contributed by atoms with van der Waals surface area (Å²) in [7, 11) is 0. The molecule has 1 fully saturated rings. The molecule has 0 N–H and O–H groups in total. The second kappa shape index (κ2) is 15.0. The number of allylic oxidation sites excluding steroid dienone is 1. The molecule has 4 nitrogen and oxygen atoms in total. The van der Waals surface area contributed by atoms with Gasteiger partial charge < -0.3 is 9.47 Å². The minimum Gasteiger partial charge on any atom is -0.466 e. The fourth-order valence-electron chi connectivity index (χ4n) is 3.08. The van der Waals surface area contributed by atoms with Crippen LogP contribution >= 0.6 is 0 Å². The Morgan fingerprint density at radius 2 is 1.00 bits per heavy atom. The molecule has 0 amide bonds. The zero-order valence-electron chi connectivity index (χ0n) is 15.9. The van der Waals surface area contributed by atoms with Crippen LogP contribution in [0.1, 0.15) is 103 Å². The lowest BCUT2D eigenvalue weighted by atomic mass is 10.1. The van der Waals surface area contributed by atoms with Crippen LogP contribution in [0.4, 0.5) is 0 Å². The van der Waals surface area contributed by atoms with Crippen LogP contribution in [0.15, 0.2) is 12.3 Å². The van der Waals surface area contributed by atoms with Gasteiger partial charge in [-0.15, -0.1) is 0 Å². The van der Waals surface area contributed by atoms with Crippen LogP contribution in [0.3, 0.4) is 0 Å². The molecule has 144 valence electrons. The fraction of sp³-hybridized carbons (Fsp3) is 0.810. The maximum absolute atomic E-state index is 11.7. The van der Waals surface area contributed by atoms with Crippen molar-refractivity contribution >= 4 is 11.9 Å². The molecule has 25 heavy (non-hydrogen) atoms. The normalized spacial score (nSPS) is 22.2. The SMILES string of the molecule is C=C1CCCCCCCCCOC(=O)CCCCCCCCC(=O)O1. The van der Waals surface area contributed by atoms with Crippen molar-refractivity contribution in [1.29, 1.82) is 0 Å². The number of rotatable bonds is 0. The first kappa shape index (κ1) is 21.7. The molecular formula is C21H36O4. The second-order valence-corrected chi connectivity index (χ2v) is 7.08. The lowest BCUT2D eigenvalue weighted by molar-refractivity contribution is -0.144. The molecule has 0 bridgehead atoms. The van der Waals surface area contributed by atoms with Crippen molar-refractivity contribution in [2.24, 2.45) is 0 Å². The summed E-state index contributed by atoms with van der Waals surface area (Å²) in [6.07, 6.45) is 15.7. The van der Waals surface area contributed by atoms with Crippen molar-refractivity contribution in [2.45, 2.75) is 103 Å². The lowest BCUT2D eigenvalue weighted by Crippen LogP contribution is -2.05. The van der Waals surface area contributed by atoms with Gasteiger partial charge in [-0.05, 0) is 25.7 Å². The molecule has 0 saturated carbocycles. The molecule has 0 aromatic carbocycles. The number of cyclic esters (lactones) is 2. The van der Waals surface area contributed by atoms with E-state index in [1.807, 2.05) is 0 Å². The van der Waals surface area contributed by atoms with E-state index in [-0.39, 0.29) is 11.9 Å². The zero-order valence-corrected chi connectivity index (χ0v) is 15.9. The molecule has 0 spiro atoms. The molecule has 1 aliphatic rings. The molecule has 0 aliphatic carbocycles. The van der Waals surface area contributed by atoms with Crippen LogP contribution in [-0.2, 0) is 19.1 Å². The van der Waals surface area contributed by atoms with Crippen molar-refractivity contribution < 1.29 is 19.1 Å². The first-order valence-electron chi connectivity index (χ1n) is 10.2. The Kier molecular flexibility index (Phi) is 13.0. The van der Waals surface area contributed by atoms with E-state index in [0.29, 0.717) is 25.2 Å². The average molecular weight is 353 g/mol. The zero-order chi connectivity index (χ0) is 18.2. The van der Waals surface area contributed by atoms with Gasteiger partial charge in [0.2, 0.25) is 0 Å². The first-order valence-corrected chi connectivity index (χ1v) is 10.2. The van der Waals surface area contributed by atoms with Crippen molar-refractivity contribution in [2.75, 3.05) is 6.61 Å². The predicted molar refractivity (Wildman–Crippen MR) is 100 cm³/mol. The lowest BCUT2D eigenvalue weighted by Gasteiger charge is -2.08. The summed E-state index contributed by atoms with van der Waals surface area (Å²) in [4.78, 5) is 23.4. The highest BCUT2D eigenvalue weighted by molar-refractivity contribution is 5.70. The summed E-state index contributed by atoms with van der Waals surface area (Å²) in [6.45, 7) is 4.43. The molecule has 0 aromatic heterocycles. The molecule has 0 atom stereocenters. The number of carbonyl (C=O) groups is 2. The molecule has 0 aromatic rings. The molecule has 1 rings (SSSR count). The third-order valence-electron chi connectivity index (χ3n) is 4.63. The second-order valence-electron chi connectivity index (χ2n) is 7.08.